The topological polar surface area (TPSA) is 62.7 Å². The average Bonchev–Trinajstić information content (AvgIpc) is 3.15. The van der Waals surface area contributed by atoms with Crippen LogP contribution in [0.3, 0.4) is 0 Å². The second-order valence-electron chi connectivity index (χ2n) is 10.5. The van der Waals surface area contributed by atoms with Crippen LogP contribution in [0.4, 0.5) is 0 Å². The van der Waals surface area contributed by atoms with Gasteiger partial charge in [0.1, 0.15) is 5.75 Å². The number of likely N-dealkylation sites (tertiary alicyclic amines) is 1. The number of benzene rings is 3. The number of piperidine rings is 1. The van der Waals surface area contributed by atoms with Crippen molar-refractivity contribution in [2.75, 3.05) is 19.6 Å². The summed E-state index contributed by atoms with van der Waals surface area (Å²) in [6, 6.07) is 25.2. The lowest BCUT2D eigenvalue weighted by atomic mass is 9.84. The summed E-state index contributed by atoms with van der Waals surface area (Å²) in [7, 11) is 0. The van der Waals surface area contributed by atoms with E-state index in [4.69, 9.17) is 16.3 Å². The van der Waals surface area contributed by atoms with Crippen LogP contribution in [0.1, 0.15) is 46.3 Å². The maximum atomic E-state index is 11.8. The van der Waals surface area contributed by atoms with Gasteiger partial charge in [0.05, 0.1) is 5.60 Å². The van der Waals surface area contributed by atoms with Crippen molar-refractivity contribution in [3.8, 4) is 22.8 Å². The van der Waals surface area contributed by atoms with Crippen molar-refractivity contribution < 1.29 is 14.6 Å². The van der Waals surface area contributed by atoms with Gasteiger partial charge in [0, 0.05) is 54.0 Å². The number of rotatable bonds is 6. The van der Waals surface area contributed by atoms with Crippen LogP contribution in [0.25, 0.3) is 16.7 Å². The van der Waals surface area contributed by atoms with Crippen LogP contribution in [-0.4, -0.2) is 40.9 Å². The molecule has 1 fully saturated rings. The highest BCUT2D eigenvalue weighted by Crippen LogP contribution is 2.42. The van der Waals surface area contributed by atoms with Gasteiger partial charge in [-0.2, -0.15) is 0 Å². The van der Waals surface area contributed by atoms with Gasteiger partial charge in [-0.15, -0.1) is 0 Å². The highest BCUT2D eigenvalue weighted by atomic mass is 35.5. The molecule has 0 amide bonds. The lowest BCUT2D eigenvalue weighted by molar-refractivity contribution is -0.0254. The summed E-state index contributed by atoms with van der Waals surface area (Å²) in [5.74, 6) is 1.36. The Balaban J connectivity index is 1.22. The molecular weight excluding hydrogens is 520 g/mol. The normalized spacial score (nSPS) is 17.4. The maximum absolute atomic E-state index is 11.8. The van der Waals surface area contributed by atoms with E-state index in [0.29, 0.717) is 35.7 Å². The largest absolute Gasteiger partial charge is 0.438 e. The minimum atomic E-state index is -0.805. The Morgan fingerprint density at radius 1 is 0.925 bits per heavy atom. The molecule has 40 heavy (non-hydrogen) atoms. The van der Waals surface area contributed by atoms with Gasteiger partial charge in [0.25, 0.3) is 0 Å². The van der Waals surface area contributed by atoms with Gasteiger partial charge < -0.3 is 14.7 Å². The van der Waals surface area contributed by atoms with E-state index in [2.05, 4.69) is 28.1 Å². The third kappa shape index (κ3) is 5.33. The Morgan fingerprint density at radius 2 is 1.68 bits per heavy atom. The number of halogens is 1. The smallest absolute Gasteiger partial charge is 0.226 e. The Morgan fingerprint density at radius 3 is 2.48 bits per heavy atom. The number of pyridine rings is 1. The van der Waals surface area contributed by atoms with Crippen molar-refractivity contribution in [2.45, 2.75) is 31.3 Å². The number of aldehydes is 1. The molecule has 0 spiro atoms. The molecule has 0 unspecified atom stereocenters. The Hall–Kier alpha value is -3.77. The second-order valence-corrected chi connectivity index (χ2v) is 11.0. The second kappa shape index (κ2) is 11.4. The van der Waals surface area contributed by atoms with Crippen molar-refractivity contribution in [3.63, 3.8) is 0 Å². The third-order valence-corrected chi connectivity index (χ3v) is 8.35. The molecule has 6 rings (SSSR count). The van der Waals surface area contributed by atoms with E-state index in [1.807, 2.05) is 66.7 Å². The number of aliphatic hydroxyl groups is 1. The first-order valence-electron chi connectivity index (χ1n) is 13.7. The Kier molecular flexibility index (Phi) is 7.53. The molecule has 0 bridgehead atoms. The number of aromatic nitrogens is 1. The first kappa shape index (κ1) is 26.5. The summed E-state index contributed by atoms with van der Waals surface area (Å²) >= 11 is 6.04. The average molecular weight is 551 g/mol. The Bertz CT molecular complexity index is 1560. The quantitative estimate of drug-likeness (QED) is 0.255. The van der Waals surface area contributed by atoms with Crippen LogP contribution < -0.4 is 4.74 Å². The lowest BCUT2D eigenvalue weighted by Gasteiger charge is -2.38. The number of ether oxygens (including phenoxy) is 1. The molecule has 3 heterocycles. The molecule has 202 valence electrons. The molecule has 0 radical (unpaired) electrons. The van der Waals surface area contributed by atoms with Crippen LogP contribution in [0.15, 0.2) is 91.1 Å². The predicted molar refractivity (Wildman–Crippen MR) is 159 cm³/mol. The fourth-order valence-electron chi connectivity index (χ4n) is 5.85. The van der Waals surface area contributed by atoms with E-state index in [9.17, 15) is 9.90 Å². The molecule has 1 saturated heterocycles. The van der Waals surface area contributed by atoms with E-state index < -0.39 is 5.60 Å². The first-order valence-corrected chi connectivity index (χ1v) is 14.1. The minimum absolute atomic E-state index is 0.597. The maximum Gasteiger partial charge on any atom is 0.226 e. The predicted octanol–water partition coefficient (Wildman–Crippen LogP) is 7.32. The molecule has 1 N–H and O–H groups in total. The van der Waals surface area contributed by atoms with E-state index in [-0.39, 0.29) is 0 Å². The number of carbonyl (C=O) groups is 1. The minimum Gasteiger partial charge on any atom is -0.438 e. The zero-order valence-electron chi connectivity index (χ0n) is 22.2. The number of hydrogen-bond acceptors (Lipinski definition) is 5. The van der Waals surface area contributed by atoms with Crippen LogP contribution in [-0.2, 0) is 12.0 Å². The summed E-state index contributed by atoms with van der Waals surface area (Å²) in [6.07, 6.45) is 7.88. The van der Waals surface area contributed by atoms with Crippen LogP contribution in [0.5, 0.6) is 11.6 Å². The fourth-order valence-corrected chi connectivity index (χ4v) is 5.97. The van der Waals surface area contributed by atoms with Gasteiger partial charge in [0.2, 0.25) is 5.88 Å². The van der Waals surface area contributed by atoms with Crippen LogP contribution in [0, 0.1) is 0 Å². The van der Waals surface area contributed by atoms with Crippen molar-refractivity contribution in [3.05, 3.63) is 118 Å². The fraction of sp³-hybridized carbons (Fsp3) is 0.235. The SMILES string of the molecule is O=Cc1ccccc1-c1cccc2c1CC(=CCCN1CCC(O)(c3ccc(Cl)cc3)CC1)c1cccnc1O2. The molecule has 0 atom stereocenters. The summed E-state index contributed by atoms with van der Waals surface area (Å²) < 4.78 is 6.35. The summed E-state index contributed by atoms with van der Waals surface area (Å²) in [4.78, 5) is 18.8. The van der Waals surface area contributed by atoms with Gasteiger partial charge in [-0.05, 0) is 71.9 Å². The number of nitrogens with zero attached hydrogens (tertiary/aromatic N) is 2. The van der Waals surface area contributed by atoms with Crippen molar-refractivity contribution >= 4 is 23.5 Å². The highest BCUT2D eigenvalue weighted by molar-refractivity contribution is 6.30. The molecule has 6 heteroatoms. The van der Waals surface area contributed by atoms with Gasteiger partial charge in [-0.3, -0.25) is 4.79 Å². The number of allylic oxidation sites excluding steroid dienone is 1. The van der Waals surface area contributed by atoms with E-state index in [1.54, 1.807) is 6.20 Å². The zero-order valence-corrected chi connectivity index (χ0v) is 23.0. The van der Waals surface area contributed by atoms with Crippen molar-refractivity contribution in [2.24, 2.45) is 0 Å². The van der Waals surface area contributed by atoms with Crippen LogP contribution in [0.2, 0.25) is 5.02 Å². The van der Waals surface area contributed by atoms with Gasteiger partial charge in [-0.25, -0.2) is 4.98 Å². The third-order valence-electron chi connectivity index (χ3n) is 8.10. The number of fused-ring (bicyclic) bond motifs is 2. The molecule has 2 aliphatic rings. The van der Waals surface area contributed by atoms with E-state index in [1.165, 1.54) is 0 Å². The summed E-state index contributed by atoms with van der Waals surface area (Å²) in [5.41, 5.74) is 5.88. The number of carbonyl (C=O) groups excluding carboxylic acids is 1. The monoisotopic (exact) mass is 550 g/mol. The molecule has 1 aromatic heterocycles. The first-order chi connectivity index (χ1) is 19.5. The van der Waals surface area contributed by atoms with Gasteiger partial charge >= 0.3 is 0 Å². The standard InChI is InChI=1S/C34H31ClN2O3/c35-27-14-12-26(13-15-27)34(39)16-20-37(21-17-34)19-5-7-24-22-31-30(28-8-2-1-6-25(28)23-38)9-3-11-32(31)40-33-29(24)10-4-18-36-33/h1-4,6-15,18,23,39H,5,16-17,19-22H2. The molecule has 2 aliphatic heterocycles. The zero-order chi connectivity index (χ0) is 27.5. The number of hydrogen-bond donors (Lipinski definition) is 1. The van der Waals surface area contributed by atoms with Gasteiger partial charge in [-0.1, -0.05) is 66.2 Å². The van der Waals surface area contributed by atoms with Crippen molar-refractivity contribution in [1.82, 2.24) is 9.88 Å². The molecule has 5 nitrogen and oxygen atoms in total. The molecule has 0 aliphatic carbocycles. The van der Waals surface area contributed by atoms with E-state index >= 15 is 0 Å². The molecule has 4 aromatic rings. The summed E-state index contributed by atoms with van der Waals surface area (Å²) in [6.45, 7) is 2.57. The lowest BCUT2D eigenvalue weighted by Crippen LogP contribution is -2.42. The van der Waals surface area contributed by atoms with E-state index in [0.717, 1.165) is 71.5 Å². The highest BCUT2D eigenvalue weighted by Gasteiger charge is 2.33. The molecule has 3 aromatic carbocycles. The summed E-state index contributed by atoms with van der Waals surface area (Å²) in [5, 5.41) is 11.9. The van der Waals surface area contributed by atoms with Gasteiger partial charge in [0.15, 0.2) is 6.29 Å². The Labute approximate surface area is 239 Å². The van der Waals surface area contributed by atoms with Crippen molar-refractivity contribution in [1.29, 1.82) is 0 Å². The molecule has 0 saturated carbocycles. The molecular formula is C34H31ClN2O3. The van der Waals surface area contributed by atoms with Crippen LogP contribution >= 0.6 is 11.6 Å².